The molecule has 19 heavy (non-hydrogen) atoms. The van der Waals surface area contributed by atoms with Crippen molar-refractivity contribution in [3.8, 4) is 17.2 Å². The van der Waals surface area contributed by atoms with Gasteiger partial charge >= 0.3 is 5.97 Å². The minimum absolute atomic E-state index is 0.0563. The van der Waals surface area contributed by atoms with E-state index in [1.807, 2.05) is 0 Å². The molecule has 0 radical (unpaired) electrons. The molecule has 0 aliphatic carbocycles. The molecule has 98 valence electrons. The summed E-state index contributed by atoms with van der Waals surface area (Å²) in [6.07, 6.45) is 3.10. The summed E-state index contributed by atoms with van der Waals surface area (Å²) in [6, 6.07) is 6.21. The Morgan fingerprint density at radius 3 is 2.68 bits per heavy atom. The lowest BCUT2D eigenvalue weighted by Gasteiger charge is -2.10. The number of rotatable bonds is 4. The molecule has 1 N–H and O–H groups in total. The molecule has 0 amide bonds. The normalized spacial score (nSPS) is 10.0. The number of aromatic carboxylic acids is 1. The van der Waals surface area contributed by atoms with Crippen LogP contribution in [0.3, 0.4) is 0 Å². The lowest BCUT2D eigenvalue weighted by atomic mass is 10.2. The summed E-state index contributed by atoms with van der Waals surface area (Å²) in [5.41, 5.74) is 0.0563. The van der Waals surface area contributed by atoms with Crippen molar-refractivity contribution >= 4 is 21.9 Å². The zero-order valence-corrected chi connectivity index (χ0v) is 11.5. The Balaban J connectivity index is 2.39. The first kappa shape index (κ1) is 13.4. The number of benzene rings is 1. The molecular weight excluding hydrogens is 314 g/mol. The van der Waals surface area contributed by atoms with E-state index in [-0.39, 0.29) is 11.3 Å². The van der Waals surface area contributed by atoms with E-state index in [1.165, 1.54) is 25.4 Å². The minimum Gasteiger partial charge on any atom is -0.497 e. The van der Waals surface area contributed by atoms with Gasteiger partial charge in [0.15, 0.2) is 0 Å². The lowest BCUT2D eigenvalue weighted by Crippen LogP contribution is -2.00. The molecule has 5 nitrogen and oxygen atoms in total. The van der Waals surface area contributed by atoms with Crippen LogP contribution in [-0.4, -0.2) is 23.2 Å². The van der Waals surface area contributed by atoms with E-state index < -0.39 is 5.97 Å². The molecule has 6 heteroatoms. The Labute approximate surface area is 117 Å². The van der Waals surface area contributed by atoms with Crippen LogP contribution < -0.4 is 9.47 Å². The van der Waals surface area contributed by atoms with Crippen LogP contribution in [0.2, 0.25) is 0 Å². The Morgan fingerprint density at radius 1 is 1.26 bits per heavy atom. The number of hydrogen-bond donors (Lipinski definition) is 1. The van der Waals surface area contributed by atoms with Gasteiger partial charge in [0, 0.05) is 16.7 Å². The number of halogens is 1. The van der Waals surface area contributed by atoms with Gasteiger partial charge < -0.3 is 14.6 Å². The molecule has 1 aromatic heterocycles. The fourth-order valence-electron chi connectivity index (χ4n) is 1.47. The van der Waals surface area contributed by atoms with Crippen LogP contribution in [0.1, 0.15) is 10.4 Å². The highest BCUT2D eigenvalue weighted by atomic mass is 79.9. The standard InChI is InChI=1S/C13H10BrNO4/c1-18-9-2-3-11(13(16)17)12(5-9)19-10-4-8(14)6-15-7-10/h2-7H,1H3,(H,16,17). The van der Waals surface area contributed by atoms with Crippen LogP contribution in [0.4, 0.5) is 0 Å². The molecule has 2 rings (SSSR count). The third-order valence-electron chi connectivity index (χ3n) is 2.33. The Morgan fingerprint density at radius 2 is 2.05 bits per heavy atom. The van der Waals surface area contributed by atoms with Gasteiger partial charge in [-0.05, 0) is 34.1 Å². The number of carboxylic acid groups (broad SMARTS) is 1. The molecule has 0 bridgehead atoms. The quantitative estimate of drug-likeness (QED) is 0.934. The second kappa shape index (κ2) is 5.71. The maximum atomic E-state index is 11.1. The molecule has 0 aliphatic heterocycles. The molecular formula is C13H10BrNO4. The number of carboxylic acids is 1. The van der Waals surface area contributed by atoms with E-state index >= 15 is 0 Å². The Hall–Kier alpha value is -2.08. The first-order chi connectivity index (χ1) is 9.10. The summed E-state index contributed by atoms with van der Waals surface area (Å²) in [7, 11) is 1.50. The van der Waals surface area contributed by atoms with E-state index in [2.05, 4.69) is 20.9 Å². The molecule has 0 aliphatic rings. The third kappa shape index (κ3) is 3.23. The number of carbonyl (C=O) groups is 1. The number of methoxy groups -OCH3 is 1. The van der Waals surface area contributed by atoms with Gasteiger partial charge in [-0.15, -0.1) is 0 Å². The molecule has 1 aromatic carbocycles. The number of hydrogen-bond acceptors (Lipinski definition) is 4. The van der Waals surface area contributed by atoms with Crippen molar-refractivity contribution in [2.24, 2.45) is 0 Å². The average Bonchev–Trinajstić information content (AvgIpc) is 2.38. The van der Waals surface area contributed by atoms with E-state index in [9.17, 15) is 4.79 Å². The Kier molecular flexibility index (Phi) is 4.01. The first-order valence-corrected chi connectivity index (χ1v) is 6.09. The molecule has 0 unspecified atom stereocenters. The number of nitrogens with zero attached hydrogens (tertiary/aromatic N) is 1. The van der Waals surface area contributed by atoms with Gasteiger partial charge in [-0.25, -0.2) is 4.79 Å². The van der Waals surface area contributed by atoms with Gasteiger partial charge in [-0.2, -0.15) is 0 Å². The highest BCUT2D eigenvalue weighted by molar-refractivity contribution is 9.10. The summed E-state index contributed by atoms with van der Waals surface area (Å²) in [6.45, 7) is 0. The van der Waals surface area contributed by atoms with Gasteiger partial charge in [0.05, 0.1) is 13.3 Å². The third-order valence-corrected chi connectivity index (χ3v) is 2.76. The van der Waals surface area contributed by atoms with Crippen molar-refractivity contribution in [3.63, 3.8) is 0 Å². The highest BCUT2D eigenvalue weighted by Gasteiger charge is 2.13. The van der Waals surface area contributed by atoms with Crippen LogP contribution in [0.25, 0.3) is 0 Å². The molecule has 2 aromatic rings. The Bertz CT molecular complexity index is 615. The maximum Gasteiger partial charge on any atom is 0.339 e. The van der Waals surface area contributed by atoms with E-state index in [0.29, 0.717) is 11.5 Å². The molecule has 0 fully saturated rings. The van der Waals surface area contributed by atoms with Crippen molar-refractivity contribution in [1.29, 1.82) is 0 Å². The number of ether oxygens (including phenoxy) is 2. The van der Waals surface area contributed by atoms with Gasteiger partial charge in [-0.1, -0.05) is 0 Å². The second-order valence-electron chi connectivity index (χ2n) is 3.61. The SMILES string of the molecule is COc1ccc(C(=O)O)c(Oc2cncc(Br)c2)c1. The highest BCUT2D eigenvalue weighted by Crippen LogP contribution is 2.30. The zero-order valence-electron chi connectivity index (χ0n) is 9.96. The number of aromatic nitrogens is 1. The van der Waals surface area contributed by atoms with Gasteiger partial charge in [0.25, 0.3) is 0 Å². The summed E-state index contributed by atoms with van der Waals surface area (Å²) >= 11 is 3.27. The largest absolute Gasteiger partial charge is 0.497 e. The summed E-state index contributed by atoms with van der Waals surface area (Å²) in [5.74, 6) is 0.0837. The fraction of sp³-hybridized carbons (Fsp3) is 0.0769. The van der Waals surface area contributed by atoms with Crippen LogP contribution >= 0.6 is 15.9 Å². The van der Waals surface area contributed by atoms with Crippen LogP contribution in [0.15, 0.2) is 41.1 Å². The van der Waals surface area contributed by atoms with E-state index in [1.54, 1.807) is 18.3 Å². The smallest absolute Gasteiger partial charge is 0.339 e. The molecule has 0 saturated carbocycles. The monoisotopic (exact) mass is 323 g/mol. The number of pyridine rings is 1. The molecule has 0 atom stereocenters. The first-order valence-electron chi connectivity index (χ1n) is 5.30. The van der Waals surface area contributed by atoms with Crippen molar-refractivity contribution in [3.05, 3.63) is 46.7 Å². The van der Waals surface area contributed by atoms with Gasteiger partial charge in [-0.3, -0.25) is 4.98 Å². The second-order valence-corrected chi connectivity index (χ2v) is 4.52. The van der Waals surface area contributed by atoms with Crippen molar-refractivity contribution in [1.82, 2.24) is 4.98 Å². The van der Waals surface area contributed by atoms with E-state index in [0.717, 1.165) is 4.47 Å². The van der Waals surface area contributed by atoms with Gasteiger partial charge in [0.1, 0.15) is 22.8 Å². The van der Waals surface area contributed by atoms with Crippen LogP contribution in [0.5, 0.6) is 17.2 Å². The van der Waals surface area contributed by atoms with Crippen LogP contribution in [0, 0.1) is 0 Å². The summed E-state index contributed by atoms with van der Waals surface area (Å²) in [5, 5.41) is 9.12. The molecule has 1 heterocycles. The predicted molar refractivity (Wildman–Crippen MR) is 72.0 cm³/mol. The topological polar surface area (TPSA) is 68.7 Å². The summed E-state index contributed by atoms with van der Waals surface area (Å²) < 4.78 is 11.3. The fourth-order valence-corrected chi connectivity index (χ4v) is 1.81. The van der Waals surface area contributed by atoms with E-state index in [4.69, 9.17) is 14.6 Å². The van der Waals surface area contributed by atoms with Crippen molar-refractivity contribution in [2.45, 2.75) is 0 Å². The zero-order chi connectivity index (χ0) is 13.8. The predicted octanol–water partition coefficient (Wildman–Crippen LogP) is 3.34. The summed E-state index contributed by atoms with van der Waals surface area (Å²) in [4.78, 5) is 15.1. The molecule has 0 spiro atoms. The maximum absolute atomic E-state index is 11.1. The molecule has 0 saturated heterocycles. The minimum atomic E-state index is -1.07. The average molecular weight is 324 g/mol. The lowest BCUT2D eigenvalue weighted by molar-refractivity contribution is 0.0694. The van der Waals surface area contributed by atoms with Crippen molar-refractivity contribution < 1.29 is 19.4 Å². The van der Waals surface area contributed by atoms with Crippen molar-refractivity contribution in [2.75, 3.05) is 7.11 Å². The van der Waals surface area contributed by atoms with Gasteiger partial charge in [0.2, 0.25) is 0 Å². The van der Waals surface area contributed by atoms with Crippen LogP contribution in [-0.2, 0) is 0 Å².